The zero-order chi connectivity index (χ0) is 27.9. The minimum Gasteiger partial charge on any atom is -0.497 e. The summed E-state index contributed by atoms with van der Waals surface area (Å²) in [7, 11) is 5.88. The van der Waals surface area contributed by atoms with E-state index in [2.05, 4.69) is 53.1 Å². The lowest BCUT2D eigenvalue weighted by Gasteiger charge is -2.52. The largest absolute Gasteiger partial charge is 0.497 e. The number of carbonyl (C=O) groups excluding carboxylic acids is 1. The van der Waals surface area contributed by atoms with Crippen molar-refractivity contribution in [1.82, 2.24) is 14.8 Å². The maximum absolute atomic E-state index is 14.1. The van der Waals surface area contributed by atoms with Crippen molar-refractivity contribution in [2.75, 3.05) is 27.7 Å². The molecule has 2 heterocycles. The summed E-state index contributed by atoms with van der Waals surface area (Å²) < 4.78 is 19.1. The highest BCUT2D eigenvalue weighted by Crippen LogP contribution is 2.51. The Morgan fingerprint density at radius 3 is 2.55 bits per heavy atom. The SMILES string of the molecule is COc1cccc(CC(=O)N2CCc3c([nH]c4ccccc34)C23CCC(C(c2ccc(F)cc2)N(C)C)CC3)c1. The van der Waals surface area contributed by atoms with Crippen LogP contribution in [0.4, 0.5) is 4.39 Å². The molecule has 5 nitrogen and oxygen atoms in total. The molecule has 1 atom stereocenters. The number of para-hydroxylation sites is 1. The second-order valence-corrected chi connectivity index (χ2v) is 11.7. The van der Waals surface area contributed by atoms with Gasteiger partial charge in [-0.15, -0.1) is 0 Å². The summed E-state index contributed by atoms with van der Waals surface area (Å²) in [6.45, 7) is 0.720. The molecule has 1 aliphatic carbocycles. The predicted molar refractivity (Wildman–Crippen MR) is 157 cm³/mol. The number of halogens is 1. The molecule has 1 fully saturated rings. The van der Waals surface area contributed by atoms with Crippen LogP contribution in [0.3, 0.4) is 0 Å². The molecule has 1 aromatic heterocycles. The number of amides is 1. The van der Waals surface area contributed by atoms with Crippen LogP contribution in [-0.2, 0) is 23.2 Å². The minimum atomic E-state index is -0.362. The fourth-order valence-electron chi connectivity index (χ4n) is 7.45. The van der Waals surface area contributed by atoms with Crippen LogP contribution in [0.25, 0.3) is 10.9 Å². The van der Waals surface area contributed by atoms with Crippen molar-refractivity contribution in [3.05, 3.63) is 101 Å². The Hall–Kier alpha value is -3.64. The Labute approximate surface area is 235 Å². The average Bonchev–Trinajstić information content (AvgIpc) is 3.35. The second-order valence-electron chi connectivity index (χ2n) is 11.7. The van der Waals surface area contributed by atoms with E-state index in [0.717, 1.165) is 61.0 Å². The molecule has 1 N–H and O–H groups in total. The number of fused-ring (bicyclic) bond motifs is 4. The molecule has 1 aliphatic heterocycles. The van der Waals surface area contributed by atoms with Crippen molar-refractivity contribution in [3.63, 3.8) is 0 Å². The van der Waals surface area contributed by atoms with Crippen molar-refractivity contribution < 1.29 is 13.9 Å². The molecule has 6 heteroatoms. The van der Waals surface area contributed by atoms with E-state index in [-0.39, 0.29) is 23.3 Å². The number of methoxy groups -OCH3 is 1. The third-order valence-corrected chi connectivity index (χ3v) is 9.24. The van der Waals surface area contributed by atoms with Gasteiger partial charge in [0.15, 0.2) is 0 Å². The summed E-state index contributed by atoms with van der Waals surface area (Å²) in [4.78, 5) is 22.3. The Kier molecular flexibility index (Phi) is 7.13. The third kappa shape index (κ3) is 4.68. The lowest BCUT2D eigenvalue weighted by molar-refractivity contribution is -0.141. The summed E-state index contributed by atoms with van der Waals surface area (Å²) in [6.07, 6.45) is 4.97. The molecular weight excluding hydrogens is 501 g/mol. The molecule has 6 rings (SSSR count). The first-order valence-electron chi connectivity index (χ1n) is 14.3. The molecule has 0 saturated heterocycles. The van der Waals surface area contributed by atoms with Crippen molar-refractivity contribution >= 4 is 16.8 Å². The molecule has 3 aromatic carbocycles. The topological polar surface area (TPSA) is 48.6 Å². The van der Waals surface area contributed by atoms with Crippen molar-refractivity contribution in [2.45, 2.75) is 50.1 Å². The minimum absolute atomic E-state index is 0.165. The van der Waals surface area contributed by atoms with E-state index < -0.39 is 0 Å². The number of nitrogens with one attached hydrogen (secondary N) is 1. The number of H-pyrrole nitrogens is 1. The van der Waals surface area contributed by atoms with Gasteiger partial charge in [0.25, 0.3) is 0 Å². The highest BCUT2D eigenvalue weighted by molar-refractivity contribution is 5.87. The third-order valence-electron chi connectivity index (χ3n) is 9.24. The smallest absolute Gasteiger partial charge is 0.227 e. The lowest BCUT2D eigenvalue weighted by atomic mass is 9.68. The van der Waals surface area contributed by atoms with Crippen molar-refractivity contribution in [1.29, 1.82) is 0 Å². The Morgan fingerprint density at radius 2 is 1.82 bits per heavy atom. The van der Waals surface area contributed by atoms with E-state index in [1.807, 2.05) is 36.4 Å². The molecule has 4 aromatic rings. The monoisotopic (exact) mass is 539 g/mol. The zero-order valence-corrected chi connectivity index (χ0v) is 23.6. The average molecular weight is 540 g/mol. The second kappa shape index (κ2) is 10.7. The van der Waals surface area contributed by atoms with Gasteiger partial charge in [0, 0.05) is 29.2 Å². The van der Waals surface area contributed by atoms with Crippen LogP contribution >= 0.6 is 0 Å². The fraction of sp³-hybridized carbons (Fsp3) is 0.382. The van der Waals surface area contributed by atoms with Crippen LogP contribution in [0.1, 0.15) is 54.1 Å². The molecule has 1 unspecified atom stereocenters. The number of aromatic amines is 1. The summed E-state index contributed by atoms with van der Waals surface area (Å²) in [5.74, 6) is 1.14. The first kappa shape index (κ1) is 26.6. The van der Waals surface area contributed by atoms with E-state index in [0.29, 0.717) is 12.3 Å². The normalized spacial score (nSPS) is 21.5. The van der Waals surface area contributed by atoms with Crippen LogP contribution in [0.2, 0.25) is 0 Å². The number of hydrogen-bond acceptors (Lipinski definition) is 3. The van der Waals surface area contributed by atoms with E-state index in [1.165, 1.54) is 16.6 Å². The zero-order valence-electron chi connectivity index (χ0n) is 23.6. The predicted octanol–water partition coefficient (Wildman–Crippen LogP) is 6.63. The number of hydrogen-bond donors (Lipinski definition) is 1. The Balaban J connectivity index is 1.34. The first-order valence-corrected chi connectivity index (χ1v) is 14.3. The van der Waals surface area contributed by atoms with Crippen LogP contribution in [0.15, 0.2) is 72.8 Å². The maximum atomic E-state index is 14.1. The number of benzene rings is 3. The molecule has 0 bridgehead atoms. The van der Waals surface area contributed by atoms with Crippen LogP contribution in [-0.4, -0.2) is 48.4 Å². The molecule has 1 saturated carbocycles. The molecule has 1 spiro atoms. The molecule has 40 heavy (non-hydrogen) atoms. The Bertz CT molecular complexity index is 1500. The van der Waals surface area contributed by atoms with Gasteiger partial charge in [0.05, 0.1) is 19.1 Å². The van der Waals surface area contributed by atoms with Gasteiger partial charge in [-0.3, -0.25) is 4.79 Å². The van der Waals surface area contributed by atoms with Crippen molar-refractivity contribution in [3.8, 4) is 5.75 Å². The Morgan fingerprint density at radius 1 is 1.07 bits per heavy atom. The van der Waals surface area contributed by atoms with Gasteiger partial charge in [0.1, 0.15) is 11.6 Å². The van der Waals surface area contributed by atoms with Gasteiger partial charge < -0.3 is 19.5 Å². The van der Waals surface area contributed by atoms with Gasteiger partial charge in [-0.2, -0.15) is 0 Å². The molecule has 2 aliphatic rings. The molecular formula is C34H38FN3O2. The highest BCUT2D eigenvalue weighted by Gasteiger charge is 2.49. The number of carbonyl (C=O) groups is 1. The number of rotatable bonds is 6. The van der Waals surface area contributed by atoms with E-state index in [9.17, 15) is 9.18 Å². The van der Waals surface area contributed by atoms with Crippen LogP contribution < -0.4 is 4.74 Å². The fourth-order valence-corrected chi connectivity index (χ4v) is 7.45. The highest BCUT2D eigenvalue weighted by atomic mass is 19.1. The standard InChI is InChI=1S/C34H38FN3O2/c1-37(2)32(24-11-13-26(35)14-12-24)25-15-18-34(19-16-25)33-29(28-9-4-5-10-30(28)36-33)17-20-38(34)31(39)22-23-7-6-8-27(21-23)40-3/h4-14,21,25,32,36H,15-20,22H2,1-3H3. The van der Waals surface area contributed by atoms with Gasteiger partial charge in [-0.25, -0.2) is 4.39 Å². The first-order chi connectivity index (χ1) is 19.4. The number of nitrogens with zero attached hydrogens (tertiary/aromatic N) is 2. The maximum Gasteiger partial charge on any atom is 0.227 e. The summed E-state index contributed by atoms with van der Waals surface area (Å²) in [5.41, 5.74) is 5.49. The summed E-state index contributed by atoms with van der Waals surface area (Å²) in [5, 5.41) is 1.27. The number of aromatic nitrogens is 1. The van der Waals surface area contributed by atoms with Gasteiger partial charge in [-0.05, 0) is 99.1 Å². The van der Waals surface area contributed by atoms with Crippen LogP contribution in [0.5, 0.6) is 5.75 Å². The van der Waals surface area contributed by atoms with E-state index in [4.69, 9.17) is 4.74 Å². The molecule has 0 radical (unpaired) electrons. The van der Waals surface area contributed by atoms with Gasteiger partial charge in [-0.1, -0.05) is 42.5 Å². The van der Waals surface area contributed by atoms with Gasteiger partial charge >= 0.3 is 0 Å². The van der Waals surface area contributed by atoms with Gasteiger partial charge in [0.2, 0.25) is 5.91 Å². The summed E-state index contributed by atoms with van der Waals surface area (Å²) in [6, 6.07) is 23.5. The van der Waals surface area contributed by atoms with E-state index in [1.54, 1.807) is 19.2 Å². The number of ether oxygens (including phenoxy) is 1. The molecule has 1 amide bonds. The van der Waals surface area contributed by atoms with Crippen LogP contribution in [0, 0.1) is 11.7 Å². The molecule has 208 valence electrons. The van der Waals surface area contributed by atoms with Crippen molar-refractivity contribution in [2.24, 2.45) is 5.92 Å². The van der Waals surface area contributed by atoms with E-state index >= 15 is 0 Å². The summed E-state index contributed by atoms with van der Waals surface area (Å²) >= 11 is 0. The quantitative estimate of drug-likeness (QED) is 0.299. The lowest BCUT2D eigenvalue weighted by Crippen LogP contribution is -2.56.